The lowest BCUT2D eigenvalue weighted by molar-refractivity contribution is 0.0930. The van der Waals surface area contributed by atoms with E-state index in [0.29, 0.717) is 5.69 Å². The molecule has 1 aliphatic rings. The van der Waals surface area contributed by atoms with Gasteiger partial charge in [0, 0.05) is 12.2 Å². The molecule has 2 aromatic rings. The summed E-state index contributed by atoms with van der Waals surface area (Å²) < 4.78 is 0. The first-order chi connectivity index (χ1) is 10.6. The van der Waals surface area contributed by atoms with Crippen molar-refractivity contribution < 1.29 is 4.79 Å². The van der Waals surface area contributed by atoms with Gasteiger partial charge in [0.2, 0.25) is 0 Å². The van der Waals surface area contributed by atoms with Gasteiger partial charge in [-0.3, -0.25) is 4.79 Å². The number of aromatic nitrogens is 2. The van der Waals surface area contributed by atoms with Crippen molar-refractivity contribution in [3.05, 3.63) is 53.0 Å². The lowest BCUT2D eigenvalue weighted by Gasteiger charge is -2.17. The SMILES string of the molecule is Cc1cnc(C(=O)NC2CCCc3ccccc3C2)c(N)n1. The van der Waals surface area contributed by atoms with Crippen LogP contribution in [0.5, 0.6) is 0 Å². The number of nitrogens with one attached hydrogen (secondary N) is 1. The van der Waals surface area contributed by atoms with Crippen LogP contribution >= 0.6 is 0 Å². The number of benzene rings is 1. The second-order valence-electron chi connectivity index (χ2n) is 5.78. The summed E-state index contributed by atoms with van der Waals surface area (Å²) in [6.45, 7) is 1.80. The zero-order valence-corrected chi connectivity index (χ0v) is 12.7. The largest absolute Gasteiger partial charge is 0.382 e. The number of fused-ring (bicyclic) bond motifs is 1. The number of hydrogen-bond acceptors (Lipinski definition) is 4. The number of nitrogens with two attached hydrogens (primary N) is 1. The third-order valence-corrected chi connectivity index (χ3v) is 4.05. The molecule has 1 atom stereocenters. The topological polar surface area (TPSA) is 80.9 Å². The summed E-state index contributed by atoms with van der Waals surface area (Å²) in [4.78, 5) is 20.6. The van der Waals surface area contributed by atoms with E-state index in [1.165, 1.54) is 11.1 Å². The molecule has 1 aromatic carbocycles. The van der Waals surface area contributed by atoms with E-state index in [0.717, 1.165) is 25.7 Å². The predicted molar refractivity (Wildman–Crippen MR) is 85.5 cm³/mol. The number of carbonyl (C=O) groups is 1. The Morgan fingerprint density at radius 1 is 1.32 bits per heavy atom. The molecule has 1 aliphatic carbocycles. The number of aryl methyl sites for hydroxylation is 2. The Balaban J connectivity index is 1.74. The fourth-order valence-electron chi connectivity index (χ4n) is 2.95. The molecular formula is C17H20N4O. The van der Waals surface area contributed by atoms with Crippen molar-refractivity contribution in [1.82, 2.24) is 15.3 Å². The van der Waals surface area contributed by atoms with Crippen LogP contribution in [0.25, 0.3) is 0 Å². The monoisotopic (exact) mass is 296 g/mol. The van der Waals surface area contributed by atoms with Crippen LogP contribution in [0.15, 0.2) is 30.5 Å². The van der Waals surface area contributed by atoms with Gasteiger partial charge in [0.05, 0.1) is 5.69 Å². The minimum absolute atomic E-state index is 0.110. The van der Waals surface area contributed by atoms with E-state index in [-0.39, 0.29) is 23.5 Å². The molecule has 3 rings (SSSR count). The van der Waals surface area contributed by atoms with Crippen LogP contribution in [0, 0.1) is 6.92 Å². The number of amides is 1. The molecule has 0 aliphatic heterocycles. The maximum absolute atomic E-state index is 12.4. The maximum Gasteiger partial charge on any atom is 0.273 e. The molecule has 0 spiro atoms. The Kier molecular flexibility index (Phi) is 4.04. The molecule has 1 amide bonds. The Morgan fingerprint density at radius 2 is 2.09 bits per heavy atom. The minimum atomic E-state index is -0.241. The fraction of sp³-hybridized carbons (Fsp3) is 0.353. The van der Waals surface area contributed by atoms with Gasteiger partial charge in [0.1, 0.15) is 0 Å². The Morgan fingerprint density at radius 3 is 2.86 bits per heavy atom. The van der Waals surface area contributed by atoms with E-state index in [1.54, 1.807) is 13.1 Å². The summed E-state index contributed by atoms with van der Waals surface area (Å²) in [5.41, 5.74) is 9.41. The summed E-state index contributed by atoms with van der Waals surface area (Å²) in [7, 11) is 0. The highest BCUT2D eigenvalue weighted by Gasteiger charge is 2.21. The first-order valence-corrected chi connectivity index (χ1v) is 7.60. The van der Waals surface area contributed by atoms with Crippen LogP contribution in [-0.4, -0.2) is 21.9 Å². The molecule has 22 heavy (non-hydrogen) atoms. The third-order valence-electron chi connectivity index (χ3n) is 4.05. The van der Waals surface area contributed by atoms with E-state index in [4.69, 9.17) is 5.73 Å². The summed E-state index contributed by atoms with van der Waals surface area (Å²) >= 11 is 0. The highest BCUT2D eigenvalue weighted by molar-refractivity contribution is 5.96. The van der Waals surface area contributed by atoms with Gasteiger partial charge in [0.25, 0.3) is 5.91 Å². The van der Waals surface area contributed by atoms with Crippen LogP contribution < -0.4 is 11.1 Å². The summed E-state index contributed by atoms with van der Waals surface area (Å²) in [5.74, 6) is -0.0547. The first kappa shape index (κ1) is 14.5. The van der Waals surface area contributed by atoms with E-state index >= 15 is 0 Å². The summed E-state index contributed by atoms with van der Waals surface area (Å²) in [5, 5.41) is 3.05. The van der Waals surface area contributed by atoms with Crippen molar-refractivity contribution >= 4 is 11.7 Å². The quantitative estimate of drug-likeness (QED) is 0.831. The van der Waals surface area contributed by atoms with Crippen molar-refractivity contribution in [3.8, 4) is 0 Å². The van der Waals surface area contributed by atoms with Gasteiger partial charge >= 0.3 is 0 Å². The number of nitrogens with zero attached hydrogens (tertiary/aromatic N) is 2. The smallest absolute Gasteiger partial charge is 0.273 e. The Bertz CT molecular complexity index is 699. The number of hydrogen-bond donors (Lipinski definition) is 2. The Labute approximate surface area is 130 Å². The highest BCUT2D eigenvalue weighted by atomic mass is 16.2. The molecule has 0 bridgehead atoms. The molecular weight excluding hydrogens is 276 g/mol. The maximum atomic E-state index is 12.4. The number of rotatable bonds is 2. The number of anilines is 1. The highest BCUT2D eigenvalue weighted by Crippen LogP contribution is 2.21. The van der Waals surface area contributed by atoms with Crippen molar-refractivity contribution in [2.75, 3.05) is 5.73 Å². The van der Waals surface area contributed by atoms with Crippen LogP contribution in [0.2, 0.25) is 0 Å². The van der Waals surface area contributed by atoms with Crippen molar-refractivity contribution in [1.29, 1.82) is 0 Å². The fourth-order valence-corrected chi connectivity index (χ4v) is 2.95. The van der Waals surface area contributed by atoms with E-state index < -0.39 is 0 Å². The molecule has 0 saturated heterocycles. The molecule has 0 radical (unpaired) electrons. The molecule has 3 N–H and O–H groups in total. The lowest BCUT2D eigenvalue weighted by atomic mass is 10.0. The van der Waals surface area contributed by atoms with E-state index in [2.05, 4.69) is 33.5 Å². The summed E-state index contributed by atoms with van der Waals surface area (Å²) in [6.07, 6.45) is 5.50. The van der Waals surface area contributed by atoms with Gasteiger partial charge in [-0.2, -0.15) is 0 Å². The van der Waals surface area contributed by atoms with Gasteiger partial charge in [-0.25, -0.2) is 9.97 Å². The van der Waals surface area contributed by atoms with Crippen LogP contribution in [0.3, 0.4) is 0 Å². The zero-order valence-electron chi connectivity index (χ0n) is 12.7. The number of nitrogen functional groups attached to an aromatic ring is 1. The molecule has 1 unspecified atom stereocenters. The van der Waals surface area contributed by atoms with Crippen LogP contribution in [-0.2, 0) is 12.8 Å². The second kappa shape index (κ2) is 6.13. The number of carbonyl (C=O) groups excluding carboxylic acids is 1. The molecule has 114 valence electrons. The van der Waals surface area contributed by atoms with Gasteiger partial charge in [-0.05, 0) is 43.7 Å². The van der Waals surface area contributed by atoms with Crippen molar-refractivity contribution in [3.63, 3.8) is 0 Å². The Hall–Kier alpha value is -2.43. The molecule has 1 aromatic heterocycles. The van der Waals surface area contributed by atoms with Gasteiger partial charge < -0.3 is 11.1 Å². The molecule has 5 heteroatoms. The predicted octanol–water partition coefficient (Wildman–Crippen LogP) is 2.04. The normalized spacial score (nSPS) is 17.4. The van der Waals surface area contributed by atoms with E-state index in [9.17, 15) is 4.79 Å². The van der Waals surface area contributed by atoms with Crippen LogP contribution in [0.1, 0.15) is 40.2 Å². The average molecular weight is 296 g/mol. The second-order valence-corrected chi connectivity index (χ2v) is 5.78. The van der Waals surface area contributed by atoms with Crippen molar-refractivity contribution in [2.24, 2.45) is 0 Å². The first-order valence-electron chi connectivity index (χ1n) is 7.60. The average Bonchev–Trinajstić information content (AvgIpc) is 2.68. The molecule has 0 saturated carbocycles. The summed E-state index contributed by atoms with van der Waals surface area (Å²) in [6, 6.07) is 8.54. The van der Waals surface area contributed by atoms with Crippen molar-refractivity contribution in [2.45, 2.75) is 38.6 Å². The van der Waals surface area contributed by atoms with Gasteiger partial charge in [-0.1, -0.05) is 24.3 Å². The third kappa shape index (κ3) is 3.08. The molecule has 5 nitrogen and oxygen atoms in total. The lowest BCUT2D eigenvalue weighted by Crippen LogP contribution is -2.37. The standard InChI is InChI=1S/C17H20N4O/c1-11-10-19-15(16(18)20-11)17(22)21-14-8-4-7-12-5-2-3-6-13(12)9-14/h2-3,5-6,10,14H,4,7-9H2,1H3,(H2,18,20)(H,21,22). The van der Waals surface area contributed by atoms with E-state index in [1.807, 2.05) is 6.07 Å². The minimum Gasteiger partial charge on any atom is -0.382 e. The zero-order chi connectivity index (χ0) is 15.5. The van der Waals surface area contributed by atoms with Gasteiger partial charge in [-0.15, -0.1) is 0 Å². The van der Waals surface area contributed by atoms with Crippen LogP contribution in [0.4, 0.5) is 5.82 Å². The molecule has 0 fully saturated rings. The molecule has 1 heterocycles. The van der Waals surface area contributed by atoms with Gasteiger partial charge in [0.15, 0.2) is 11.5 Å².